The molecule has 0 aliphatic rings. The van der Waals surface area contributed by atoms with Crippen molar-refractivity contribution < 1.29 is 33.3 Å². The van der Waals surface area contributed by atoms with E-state index in [0.29, 0.717) is 12.2 Å². The molecular weight excluding hydrogens is 404 g/mol. The second-order valence-electron chi connectivity index (χ2n) is 6.54. The van der Waals surface area contributed by atoms with Gasteiger partial charge in [0.25, 0.3) is 6.29 Å². The van der Waals surface area contributed by atoms with Crippen molar-refractivity contribution in [1.82, 2.24) is 5.32 Å². The Morgan fingerprint density at radius 2 is 1.65 bits per heavy atom. The third kappa shape index (κ3) is 8.07. The Morgan fingerprint density at radius 1 is 0.968 bits per heavy atom. The second-order valence-corrected chi connectivity index (χ2v) is 6.54. The Hall–Kier alpha value is -3.43. The number of hydrogen-bond donors (Lipinski definition) is 2. The molecule has 1 unspecified atom stereocenters. The Kier molecular flexibility index (Phi) is 9.47. The number of nitrogens with two attached hydrogens (primary N) is 1. The Bertz CT molecular complexity index is 856. The van der Waals surface area contributed by atoms with Crippen molar-refractivity contribution in [1.29, 1.82) is 0 Å². The molecule has 0 bridgehead atoms. The minimum Gasteiger partial charge on any atom is -0.468 e. The predicted molar refractivity (Wildman–Crippen MR) is 111 cm³/mol. The van der Waals surface area contributed by atoms with Crippen molar-refractivity contribution in [2.45, 2.75) is 25.4 Å². The number of esters is 1. The fourth-order valence-electron chi connectivity index (χ4n) is 2.58. The van der Waals surface area contributed by atoms with Gasteiger partial charge in [0.15, 0.2) is 0 Å². The molecule has 0 aliphatic heterocycles. The van der Waals surface area contributed by atoms with Crippen molar-refractivity contribution in [2.75, 3.05) is 20.8 Å². The van der Waals surface area contributed by atoms with Crippen LogP contribution in [0.5, 0.6) is 5.75 Å². The van der Waals surface area contributed by atoms with Crippen LogP contribution in [0, 0.1) is 0 Å². The molecule has 2 aromatic rings. The molecule has 31 heavy (non-hydrogen) atoms. The van der Waals surface area contributed by atoms with Gasteiger partial charge in [-0.2, -0.15) is 0 Å². The normalized spacial score (nSPS) is 12.4. The third-order valence-corrected chi connectivity index (χ3v) is 4.22. The van der Waals surface area contributed by atoms with Crippen molar-refractivity contribution in [2.24, 2.45) is 5.73 Å². The number of nitrogens with one attached hydrogen (secondary N) is 1. The molecule has 9 heteroatoms. The fourth-order valence-corrected chi connectivity index (χ4v) is 2.58. The number of rotatable bonds is 11. The van der Waals surface area contributed by atoms with E-state index in [1.165, 1.54) is 14.2 Å². The van der Waals surface area contributed by atoms with E-state index in [-0.39, 0.29) is 13.2 Å². The van der Waals surface area contributed by atoms with Crippen LogP contribution in [0.25, 0.3) is 0 Å². The quantitative estimate of drug-likeness (QED) is 0.406. The van der Waals surface area contributed by atoms with Gasteiger partial charge in [-0.3, -0.25) is 9.59 Å². The zero-order valence-electron chi connectivity index (χ0n) is 17.4. The highest BCUT2D eigenvalue weighted by molar-refractivity contribution is 5.86. The standard InChI is InChI=1S/C22H26N2O7/c1-28-20(26)18(23)12-15-8-10-17(11-9-15)31-21(29-2)19(25)13-24-22(27)30-14-16-6-4-3-5-7-16/h3-11,18,21H,12-14,23H2,1-2H3,(H,24,27)/t18-,21?/m0/s1. The average molecular weight is 430 g/mol. The number of ether oxygens (including phenoxy) is 4. The highest BCUT2D eigenvalue weighted by atomic mass is 16.7. The molecule has 0 radical (unpaired) electrons. The van der Waals surface area contributed by atoms with E-state index in [1.807, 2.05) is 30.3 Å². The molecule has 3 N–H and O–H groups in total. The molecule has 0 aromatic heterocycles. The first-order valence-electron chi connectivity index (χ1n) is 9.52. The van der Waals surface area contributed by atoms with Crippen LogP contribution in [-0.4, -0.2) is 50.9 Å². The topological polar surface area (TPSA) is 126 Å². The van der Waals surface area contributed by atoms with Gasteiger partial charge in [0, 0.05) is 7.11 Å². The Labute approximate surface area is 180 Å². The summed E-state index contributed by atoms with van der Waals surface area (Å²) >= 11 is 0. The maximum atomic E-state index is 12.3. The van der Waals surface area contributed by atoms with Crippen LogP contribution >= 0.6 is 0 Å². The molecular formula is C22H26N2O7. The number of carbonyl (C=O) groups excluding carboxylic acids is 3. The van der Waals surface area contributed by atoms with Gasteiger partial charge in [0.1, 0.15) is 18.4 Å². The summed E-state index contributed by atoms with van der Waals surface area (Å²) in [6.07, 6.45) is -1.63. The minimum absolute atomic E-state index is 0.0943. The highest BCUT2D eigenvalue weighted by Crippen LogP contribution is 2.15. The molecule has 2 aromatic carbocycles. The number of amides is 1. The molecule has 2 rings (SSSR count). The summed E-state index contributed by atoms with van der Waals surface area (Å²) in [6, 6.07) is 15.1. The Morgan fingerprint density at radius 3 is 2.26 bits per heavy atom. The maximum absolute atomic E-state index is 12.3. The SMILES string of the molecule is COC(=O)[C@@H](N)Cc1ccc(OC(OC)C(=O)CNC(=O)OCc2ccccc2)cc1. The number of ketones is 1. The molecule has 0 saturated heterocycles. The molecule has 0 spiro atoms. The second kappa shape index (κ2) is 12.3. The summed E-state index contributed by atoms with van der Waals surface area (Å²) < 4.78 is 20.3. The molecule has 1 amide bonds. The van der Waals surface area contributed by atoms with Crippen LogP contribution in [0.15, 0.2) is 54.6 Å². The van der Waals surface area contributed by atoms with Gasteiger partial charge in [-0.15, -0.1) is 0 Å². The first-order chi connectivity index (χ1) is 14.9. The van der Waals surface area contributed by atoms with Gasteiger partial charge in [-0.1, -0.05) is 42.5 Å². The van der Waals surface area contributed by atoms with Crippen LogP contribution in [0.3, 0.4) is 0 Å². The smallest absolute Gasteiger partial charge is 0.407 e. The molecule has 0 fully saturated rings. The molecule has 166 valence electrons. The number of hydrogen-bond acceptors (Lipinski definition) is 8. The lowest BCUT2D eigenvalue weighted by Gasteiger charge is -2.17. The maximum Gasteiger partial charge on any atom is 0.407 e. The number of Topliss-reactive ketones (excluding diaryl/α,β-unsaturated/α-hetero) is 1. The fraction of sp³-hybridized carbons (Fsp3) is 0.318. The first-order valence-corrected chi connectivity index (χ1v) is 9.52. The van der Waals surface area contributed by atoms with Crippen LogP contribution < -0.4 is 15.8 Å². The zero-order chi connectivity index (χ0) is 22.6. The van der Waals surface area contributed by atoms with Gasteiger partial charge >= 0.3 is 12.1 Å². The van der Waals surface area contributed by atoms with E-state index in [2.05, 4.69) is 10.1 Å². The average Bonchev–Trinajstić information content (AvgIpc) is 2.80. The third-order valence-electron chi connectivity index (χ3n) is 4.22. The molecule has 0 heterocycles. The summed E-state index contributed by atoms with van der Waals surface area (Å²) in [6.45, 7) is -0.227. The highest BCUT2D eigenvalue weighted by Gasteiger charge is 2.21. The molecule has 0 saturated carbocycles. The van der Waals surface area contributed by atoms with Crippen LogP contribution in [-0.2, 0) is 36.8 Å². The van der Waals surface area contributed by atoms with Gasteiger partial charge < -0.3 is 30.0 Å². The molecule has 9 nitrogen and oxygen atoms in total. The number of benzene rings is 2. The summed E-state index contributed by atoms with van der Waals surface area (Å²) in [5.41, 5.74) is 7.37. The minimum atomic E-state index is -1.21. The number of alkyl carbamates (subject to hydrolysis) is 1. The van der Waals surface area contributed by atoms with Crippen LogP contribution in [0.1, 0.15) is 11.1 Å². The lowest BCUT2D eigenvalue weighted by Crippen LogP contribution is -2.39. The summed E-state index contributed by atoms with van der Waals surface area (Å²) in [4.78, 5) is 35.5. The van der Waals surface area contributed by atoms with Gasteiger partial charge in [-0.25, -0.2) is 4.79 Å². The van der Waals surface area contributed by atoms with E-state index in [9.17, 15) is 14.4 Å². The number of carbonyl (C=O) groups is 3. The van der Waals surface area contributed by atoms with Gasteiger partial charge in [-0.05, 0) is 29.7 Å². The number of methoxy groups -OCH3 is 2. The van der Waals surface area contributed by atoms with Crippen molar-refractivity contribution in [3.05, 3.63) is 65.7 Å². The van der Waals surface area contributed by atoms with Crippen molar-refractivity contribution in [3.8, 4) is 5.75 Å². The van der Waals surface area contributed by atoms with E-state index in [0.717, 1.165) is 11.1 Å². The monoisotopic (exact) mass is 430 g/mol. The lowest BCUT2D eigenvalue weighted by atomic mass is 10.1. The van der Waals surface area contributed by atoms with E-state index in [4.69, 9.17) is 19.9 Å². The van der Waals surface area contributed by atoms with E-state index in [1.54, 1.807) is 24.3 Å². The van der Waals surface area contributed by atoms with Gasteiger partial charge in [0.05, 0.1) is 13.7 Å². The lowest BCUT2D eigenvalue weighted by molar-refractivity contribution is -0.144. The Balaban J connectivity index is 1.80. The molecule has 2 atom stereocenters. The first kappa shape index (κ1) is 23.8. The van der Waals surface area contributed by atoms with Crippen molar-refractivity contribution >= 4 is 17.8 Å². The summed E-state index contributed by atoms with van der Waals surface area (Å²) in [5, 5.41) is 2.37. The largest absolute Gasteiger partial charge is 0.468 e. The molecule has 0 aliphatic carbocycles. The predicted octanol–water partition coefficient (Wildman–Crippen LogP) is 1.58. The van der Waals surface area contributed by atoms with Crippen molar-refractivity contribution in [3.63, 3.8) is 0 Å². The van der Waals surface area contributed by atoms with Crippen LogP contribution in [0.4, 0.5) is 4.79 Å². The van der Waals surface area contributed by atoms with E-state index < -0.39 is 30.2 Å². The van der Waals surface area contributed by atoms with Crippen LogP contribution in [0.2, 0.25) is 0 Å². The zero-order valence-corrected chi connectivity index (χ0v) is 17.4. The van der Waals surface area contributed by atoms with Gasteiger partial charge in [0.2, 0.25) is 5.78 Å². The summed E-state index contributed by atoms with van der Waals surface area (Å²) in [7, 11) is 2.60. The summed E-state index contributed by atoms with van der Waals surface area (Å²) in [5.74, 6) is -0.613. The van der Waals surface area contributed by atoms with E-state index >= 15 is 0 Å².